The maximum Gasteiger partial charge on any atom is 0.335 e. The van der Waals surface area contributed by atoms with E-state index in [9.17, 15) is 14.7 Å². The molecule has 2 aromatic carbocycles. The maximum atomic E-state index is 12.3. The van der Waals surface area contributed by atoms with E-state index >= 15 is 0 Å². The van der Waals surface area contributed by atoms with Crippen molar-refractivity contribution in [3.05, 3.63) is 65.9 Å². The largest absolute Gasteiger partial charge is 0.493 e. The Labute approximate surface area is 157 Å². The average molecular weight is 375 g/mol. The number of carboxylic acids is 1. The molecule has 2 heterocycles. The molecule has 4 rings (SSSR count). The van der Waals surface area contributed by atoms with E-state index in [1.54, 1.807) is 36.4 Å². The van der Waals surface area contributed by atoms with Gasteiger partial charge in [0.05, 0.1) is 16.8 Å². The van der Waals surface area contributed by atoms with Gasteiger partial charge in [-0.1, -0.05) is 30.3 Å². The van der Waals surface area contributed by atoms with E-state index in [2.05, 4.69) is 25.4 Å². The number of hydrogen-bond donors (Lipinski definition) is 4. The molecule has 0 aliphatic carbocycles. The van der Waals surface area contributed by atoms with E-state index in [-0.39, 0.29) is 22.8 Å². The molecular formula is C19H13N5O4. The summed E-state index contributed by atoms with van der Waals surface area (Å²) in [5, 5.41) is 33.7. The van der Waals surface area contributed by atoms with Gasteiger partial charge in [0.15, 0.2) is 5.69 Å². The highest BCUT2D eigenvalue weighted by Crippen LogP contribution is 2.35. The summed E-state index contributed by atoms with van der Waals surface area (Å²) in [7, 11) is 0. The fourth-order valence-electron chi connectivity index (χ4n) is 2.75. The molecule has 4 aromatic rings. The van der Waals surface area contributed by atoms with Crippen LogP contribution in [-0.4, -0.2) is 37.3 Å². The zero-order valence-corrected chi connectivity index (χ0v) is 14.2. The number of carbonyl (C=O) groups is 2. The van der Waals surface area contributed by atoms with Crippen LogP contribution < -0.4 is 0 Å². The number of fused-ring (bicyclic) bond motifs is 1. The number of carbonyl (C=O) groups excluding carboxylic acids is 1. The molecule has 0 aliphatic rings. The summed E-state index contributed by atoms with van der Waals surface area (Å²) in [6, 6.07) is 14.7. The summed E-state index contributed by atoms with van der Waals surface area (Å²) in [4.78, 5) is 26.1. The number of hydrogen-bond acceptors (Lipinski definition) is 5. The Morgan fingerprint density at radius 1 is 1.04 bits per heavy atom. The van der Waals surface area contributed by atoms with Crippen LogP contribution in [-0.2, 0) is 0 Å². The van der Waals surface area contributed by atoms with Gasteiger partial charge in [-0.15, -0.1) is 10.2 Å². The van der Waals surface area contributed by atoms with E-state index in [4.69, 9.17) is 5.11 Å². The Hall–Kier alpha value is -4.27. The molecule has 138 valence electrons. The van der Waals surface area contributed by atoms with Crippen molar-refractivity contribution in [2.45, 2.75) is 0 Å². The average Bonchev–Trinajstić information content (AvgIpc) is 3.31. The second-order valence-electron chi connectivity index (χ2n) is 5.93. The molecule has 4 N–H and O–H groups in total. The minimum Gasteiger partial charge on any atom is -0.493 e. The van der Waals surface area contributed by atoms with Crippen LogP contribution in [0.1, 0.15) is 20.8 Å². The summed E-state index contributed by atoms with van der Waals surface area (Å²) in [6.07, 6.45) is 0. The third-order valence-electron chi connectivity index (χ3n) is 4.11. The third kappa shape index (κ3) is 3.12. The Morgan fingerprint density at radius 3 is 2.68 bits per heavy atom. The van der Waals surface area contributed by atoms with E-state index in [1.165, 1.54) is 18.2 Å². The predicted octanol–water partition coefficient (Wildman–Crippen LogP) is 3.89. The summed E-state index contributed by atoms with van der Waals surface area (Å²) in [5.74, 6) is -1.92. The first-order valence-electron chi connectivity index (χ1n) is 8.18. The SMILES string of the molecule is O=C(O)c1cccc(-c2cc(C(=O)N=Nc3c(O)[nH]c4ccccc34)[nH]n2)c1. The molecule has 0 unspecified atom stereocenters. The number of aromatic carboxylic acids is 1. The molecule has 0 spiro atoms. The zero-order chi connectivity index (χ0) is 19.7. The third-order valence-corrected chi connectivity index (χ3v) is 4.11. The second-order valence-corrected chi connectivity index (χ2v) is 5.93. The van der Waals surface area contributed by atoms with Crippen molar-refractivity contribution in [1.82, 2.24) is 15.2 Å². The van der Waals surface area contributed by atoms with Gasteiger partial charge in [-0.05, 0) is 24.3 Å². The van der Waals surface area contributed by atoms with Crippen molar-refractivity contribution in [3.8, 4) is 17.1 Å². The van der Waals surface area contributed by atoms with Crippen LogP contribution in [0.4, 0.5) is 5.69 Å². The molecular weight excluding hydrogens is 362 g/mol. The number of amides is 1. The van der Waals surface area contributed by atoms with Gasteiger partial charge in [0, 0.05) is 10.9 Å². The van der Waals surface area contributed by atoms with Gasteiger partial charge in [0.1, 0.15) is 5.69 Å². The first-order valence-corrected chi connectivity index (χ1v) is 8.18. The van der Waals surface area contributed by atoms with Crippen LogP contribution in [0.2, 0.25) is 0 Å². The lowest BCUT2D eigenvalue weighted by molar-refractivity contribution is 0.0696. The monoisotopic (exact) mass is 375 g/mol. The predicted molar refractivity (Wildman–Crippen MR) is 99.8 cm³/mol. The van der Waals surface area contributed by atoms with E-state index in [0.717, 1.165) is 0 Å². The van der Waals surface area contributed by atoms with Crippen LogP contribution >= 0.6 is 0 Å². The zero-order valence-electron chi connectivity index (χ0n) is 14.2. The van der Waals surface area contributed by atoms with Crippen molar-refractivity contribution in [3.63, 3.8) is 0 Å². The van der Waals surface area contributed by atoms with Crippen molar-refractivity contribution in [1.29, 1.82) is 0 Å². The van der Waals surface area contributed by atoms with Crippen molar-refractivity contribution in [2.24, 2.45) is 10.2 Å². The number of nitrogens with zero attached hydrogens (tertiary/aromatic N) is 3. The number of aromatic amines is 2. The van der Waals surface area contributed by atoms with Gasteiger partial charge in [-0.3, -0.25) is 9.89 Å². The number of H-pyrrole nitrogens is 2. The van der Waals surface area contributed by atoms with Crippen molar-refractivity contribution < 1.29 is 19.8 Å². The molecule has 28 heavy (non-hydrogen) atoms. The highest BCUT2D eigenvalue weighted by Gasteiger charge is 2.14. The summed E-state index contributed by atoms with van der Waals surface area (Å²) in [6.45, 7) is 0. The molecule has 0 saturated carbocycles. The maximum absolute atomic E-state index is 12.3. The van der Waals surface area contributed by atoms with Gasteiger partial charge in [-0.25, -0.2) is 4.79 Å². The fourth-order valence-corrected chi connectivity index (χ4v) is 2.75. The van der Waals surface area contributed by atoms with Crippen LogP contribution in [0.5, 0.6) is 5.88 Å². The smallest absolute Gasteiger partial charge is 0.335 e. The minimum atomic E-state index is -1.05. The number of para-hydroxylation sites is 1. The lowest BCUT2D eigenvalue weighted by atomic mass is 10.1. The van der Waals surface area contributed by atoms with Crippen LogP contribution in [0, 0.1) is 0 Å². The van der Waals surface area contributed by atoms with Crippen molar-refractivity contribution in [2.75, 3.05) is 0 Å². The molecule has 0 bridgehead atoms. The van der Waals surface area contributed by atoms with E-state index in [0.29, 0.717) is 22.2 Å². The lowest BCUT2D eigenvalue weighted by Crippen LogP contribution is -1.95. The number of azo groups is 1. The van der Waals surface area contributed by atoms with E-state index in [1.807, 2.05) is 0 Å². The van der Waals surface area contributed by atoms with Gasteiger partial charge in [0.25, 0.3) is 0 Å². The summed E-state index contributed by atoms with van der Waals surface area (Å²) in [5.41, 5.74) is 1.97. The molecule has 0 fully saturated rings. The normalized spacial score (nSPS) is 11.3. The van der Waals surface area contributed by atoms with E-state index < -0.39 is 11.9 Å². The Morgan fingerprint density at radius 2 is 1.86 bits per heavy atom. The minimum absolute atomic E-state index is 0.0822. The number of aromatic hydroxyl groups is 1. The van der Waals surface area contributed by atoms with Crippen LogP contribution in [0.25, 0.3) is 22.2 Å². The molecule has 1 amide bonds. The first kappa shape index (κ1) is 17.2. The van der Waals surface area contributed by atoms with Gasteiger partial charge >= 0.3 is 11.9 Å². The van der Waals surface area contributed by atoms with Gasteiger partial charge in [0.2, 0.25) is 5.88 Å². The topological polar surface area (TPSA) is 144 Å². The van der Waals surface area contributed by atoms with Crippen molar-refractivity contribution >= 4 is 28.5 Å². The van der Waals surface area contributed by atoms with Crippen LogP contribution in [0.3, 0.4) is 0 Å². The number of carboxylic acid groups (broad SMARTS) is 1. The molecule has 9 heteroatoms. The number of benzene rings is 2. The molecule has 0 aliphatic heterocycles. The van der Waals surface area contributed by atoms with Gasteiger partial charge in [-0.2, -0.15) is 5.10 Å². The first-order chi connectivity index (χ1) is 13.5. The highest BCUT2D eigenvalue weighted by molar-refractivity contribution is 5.96. The Balaban J connectivity index is 1.59. The Kier molecular flexibility index (Phi) is 4.17. The number of aromatic nitrogens is 3. The molecule has 2 aromatic heterocycles. The number of rotatable bonds is 4. The molecule has 0 radical (unpaired) electrons. The highest BCUT2D eigenvalue weighted by atomic mass is 16.4. The molecule has 0 atom stereocenters. The van der Waals surface area contributed by atoms with Crippen LogP contribution in [0.15, 0.2) is 64.8 Å². The number of nitrogens with one attached hydrogen (secondary N) is 2. The summed E-state index contributed by atoms with van der Waals surface area (Å²) < 4.78 is 0. The molecule has 0 saturated heterocycles. The lowest BCUT2D eigenvalue weighted by Gasteiger charge is -1.98. The molecule has 9 nitrogen and oxygen atoms in total. The second kappa shape index (κ2) is 6.80. The quantitative estimate of drug-likeness (QED) is 0.400. The Bertz CT molecular complexity index is 1240. The summed E-state index contributed by atoms with van der Waals surface area (Å²) >= 11 is 0. The standard InChI is InChI=1S/C19H13N5O4/c25-17(24-23-16-12-6-1-2-7-13(12)20-18(16)26)15-9-14(21-22-15)10-4-3-5-11(8-10)19(27)28/h1-9,20,26H,(H,21,22)(H,27,28). The fraction of sp³-hybridized carbons (Fsp3) is 0. The van der Waals surface area contributed by atoms with Gasteiger partial charge < -0.3 is 15.2 Å².